The molecule has 0 amide bonds. The Labute approximate surface area is 121 Å². The van der Waals surface area contributed by atoms with Crippen LogP contribution < -0.4 is 0 Å². The van der Waals surface area contributed by atoms with E-state index in [4.69, 9.17) is 9.47 Å². The Morgan fingerprint density at radius 1 is 1.33 bits per heavy atom. The molecule has 5 heteroatoms. The minimum Gasteiger partial charge on any atom is -0.340 e. The molecular weight excluding hydrogens is 439 g/mol. The Hall–Kier alpha value is 1.09. The van der Waals surface area contributed by atoms with E-state index < -0.39 is 5.79 Å². The van der Waals surface area contributed by atoms with Gasteiger partial charge in [0.05, 0.1) is 3.39 Å². The minimum absolute atomic E-state index is 0.0120. The Balaban J connectivity index is 2.89. The number of ether oxygens (including phenoxy) is 2. The Morgan fingerprint density at radius 2 is 1.93 bits per heavy atom. The van der Waals surface area contributed by atoms with E-state index >= 15 is 0 Å². The number of hydrogen-bond donors (Lipinski definition) is 0. The highest BCUT2D eigenvalue weighted by Crippen LogP contribution is 2.34. The van der Waals surface area contributed by atoms with Crippen LogP contribution in [0.4, 0.5) is 0 Å². The van der Waals surface area contributed by atoms with Crippen molar-refractivity contribution >= 4 is 54.5 Å². The van der Waals surface area contributed by atoms with Crippen LogP contribution in [0.25, 0.3) is 0 Å². The first-order chi connectivity index (χ1) is 6.85. The van der Waals surface area contributed by atoms with E-state index in [1.807, 2.05) is 30.9 Å². The fourth-order valence-electron chi connectivity index (χ4n) is 1.45. The minimum atomic E-state index is -0.526. The van der Waals surface area contributed by atoms with Crippen LogP contribution in [0, 0.1) is 0 Å². The third-order valence-corrected chi connectivity index (χ3v) is 3.55. The second-order valence-corrected chi connectivity index (χ2v) is 7.23. The SMILES string of the molecule is C/C(=C\I)[C@@H]1OC(C)(C)O[C@H]1C=C(Br)Br. The van der Waals surface area contributed by atoms with Gasteiger partial charge in [-0.2, -0.15) is 0 Å². The maximum Gasteiger partial charge on any atom is 0.164 e. The van der Waals surface area contributed by atoms with Crippen LogP contribution in [-0.4, -0.2) is 18.0 Å². The highest BCUT2D eigenvalue weighted by atomic mass is 127. The quantitative estimate of drug-likeness (QED) is 0.576. The summed E-state index contributed by atoms with van der Waals surface area (Å²) in [6, 6.07) is 0. The molecule has 0 bridgehead atoms. The summed E-state index contributed by atoms with van der Waals surface area (Å²) in [5.41, 5.74) is 1.17. The summed E-state index contributed by atoms with van der Waals surface area (Å²) in [6.07, 6.45) is 1.89. The Morgan fingerprint density at radius 3 is 2.40 bits per heavy atom. The van der Waals surface area contributed by atoms with E-state index in [-0.39, 0.29) is 12.2 Å². The predicted octanol–water partition coefficient (Wildman–Crippen LogP) is 4.48. The summed E-state index contributed by atoms with van der Waals surface area (Å²) in [5.74, 6) is -0.526. The van der Waals surface area contributed by atoms with Crippen molar-refractivity contribution in [2.45, 2.75) is 38.8 Å². The Bertz CT molecular complexity index is 296. The molecule has 1 saturated heterocycles. The predicted molar refractivity (Wildman–Crippen MR) is 77.5 cm³/mol. The summed E-state index contributed by atoms with van der Waals surface area (Å²) in [6.45, 7) is 5.90. The number of hydrogen-bond acceptors (Lipinski definition) is 2. The molecule has 0 aromatic heterocycles. The van der Waals surface area contributed by atoms with Gasteiger partial charge < -0.3 is 9.47 Å². The molecule has 0 unspecified atom stereocenters. The van der Waals surface area contributed by atoms with Crippen molar-refractivity contribution in [3.8, 4) is 0 Å². The molecule has 0 aromatic carbocycles. The van der Waals surface area contributed by atoms with Crippen molar-refractivity contribution in [1.29, 1.82) is 0 Å². The summed E-state index contributed by atoms with van der Waals surface area (Å²) in [7, 11) is 0. The molecule has 0 radical (unpaired) electrons. The second kappa shape index (κ2) is 5.62. The van der Waals surface area contributed by atoms with Crippen LogP contribution in [0.2, 0.25) is 0 Å². The lowest BCUT2D eigenvalue weighted by Crippen LogP contribution is -2.22. The van der Waals surface area contributed by atoms with Gasteiger partial charge in [-0.15, -0.1) is 0 Å². The van der Waals surface area contributed by atoms with Gasteiger partial charge in [-0.05, 0) is 68.4 Å². The molecule has 1 aliphatic heterocycles. The zero-order valence-electron chi connectivity index (χ0n) is 8.76. The van der Waals surface area contributed by atoms with Crippen molar-refractivity contribution in [2.24, 2.45) is 0 Å². The molecule has 0 saturated carbocycles. The summed E-state index contributed by atoms with van der Waals surface area (Å²) in [4.78, 5) is 0. The highest BCUT2D eigenvalue weighted by molar-refractivity contribution is 14.1. The Kier molecular flexibility index (Phi) is 5.30. The van der Waals surface area contributed by atoms with E-state index in [0.717, 1.165) is 3.39 Å². The lowest BCUT2D eigenvalue weighted by atomic mass is 10.1. The normalized spacial score (nSPS) is 30.4. The van der Waals surface area contributed by atoms with Crippen molar-refractivity contribution in [3.63, 3.8) is 0 Å². The van der Waals surface area contributed by atoms with E-state index in [1.54, 1.807) is 0 Å². The van der Waals surface area contributed by atoms with Crippen molar-refractivity contribution in [1.82, 2.24) is 0 Å². The van der Waals surface area contributed by atoms with Gasteiger partial charge in [-0.1, -0.05) is 22.6 Å². The first-order valence-electron chi connectivity index (χ1n) is 4.51. The maximum absolute atomic E-state index is 5.83. The largest absolute Gasteiger partial charge is 0.340 e. The smallest absolute Gasteiger partial charge is 0.164 e. The third-order valence-electron chi connectivity index (χ3n) is 2.04. The van der Waals surface area contributed by atoms with Gasteiger partial charge in [-0.3, -0.25) is 0 Å². The average molecular weight is 452 g/mol. The zero-order chi connectivity index (χ0) is 11.6. The molecule has 1 heterocycles. The molecule has 1 aliphatic rings. The summed E-state index contributed by atoms with van der Waals surface area (Å²) in [5, 5.41) is 0. The van der Waals surface area contributed by atoms with Crippen LogP contribution in [0.1, 0.15) is 20.8 Å². The fourth-order valence-corrected chi connectivity index (χ4v) is 2.33. The molecule has 15 heavy (non-hydrogen) atoms. The van der Waals surface area contributed by atoms with E-state index in [0.29, 0.717) is 0 Å². The van der Waals surface area contributed by atoms with Gasteiger partial charge >= 0.3 is 0 Å². The van der Waals surface area contributed by atoms with Gasteiger partial charge in [0, 0.05) is 0 Å². The lowest BCUT2D eigenvalue weighted by Gasteiger charge is -2.16. The maximum atomic E-state index is 5.83. The topological polar surface area (TPSA) is 18.5 Å². The third kappa shape index (κ3) is 4.11. The molecular formula is C10H13Br2IO2. The first-order valence-corrected chi connectivity index (χ1v) is 7.34. The van der Waals surface area contributed by atoms with Gasteiger partial charge in [-0.25, -0.2) is 0 Å². The van der Waals surface area contributed by atoms with E-state index in [9.17, 15) is 0 Å². The molecule has 0 aromatic rings. The number of rotatable bonds is 2. The molecule has 2 nitrogen and oxygen atoms in total. The standard InChI is InChI=1S/C10H13Br2IO2/c1-6(5-13)9-7(4-8(11)12)14-10(2,3)15-9/h4-5,7,9H,1-3H3/b6-5+/t7-,9-/m0/s1. The summed E-state index contributed by atoms with van der Waals surface area (Å²) < 4.78 is 14.5. The van der Waals surface area contributed by atoms with Gasteiger partial charge in [0.1, 0.15) is 12.2 Å². The zero-order valence-corrected chi connectivity index (χ0v) is 14.1. The molecule has 0 N–H and O–H groups in total. The van der Waals surface area contributed by atoms with Gasteiger partial charge in [0.15, 0.2) is 5.79 Å². The molecule has 1 rings (SSSR count). The van der Waals surface area contributed by atoms with E-state index in [1.165, 1.54) is 5.57 Å². The van der Waals surface area contributed by atoms with Crippen LogP contribution >= 0.6 is 54.5 Å². The van der Waals surface area contributed by atoms with Crippen LogP contribution in [0.15, 0.2) is 19.1 Å². The first kappa shape index (κ1) is 14.2. The average Bonchev–Trinajstić information content (AvgIpc) is 2.38. The second-order valence-electron chi connectivity index (χ2n) is 3.83. The van der Waals surface area contributed by atoms with E-state index in [2.05, 4.69) is 54.5 Å². The van der Waals surface area contributed by atoms with Crippen molar-refractivity contribution in [3.05, 3.63) is 19.1 Å². The molecule has 0 aliphatic carbocycles. The van der Waals surface area contributed by atoms with Crippen molar-refractivity contribution < 1.29 is 9.47 Å². The molecule has 1 fully saturated rings. The molecule has 86 valence electrons. The van der Waals surface area contributed by atoms with Crippen LogP contribution in [0.5, 0.6) is 0 Å². The lowest BCUT2D eigenvalue weighted by molar-refractivity contribution is -0.139. The van der Waals surface area contributed by atoms with Gasteiger partial charge in [0.25, 0.3) is 0 Å². The fraction of sp³-hybridized carbons (Fsp3) is 0.600. The molecule has 0 spiro atoms. The highest BCUT2D eigenvalue weighted by Gasteiger charge is 2.40. The van der Waals surface area contributed by atoms with Gasteiger partial charge in [0.2, 0.25) is 0 Å². The van der Waals surface area contributed by atoms with Crippen LogP contribution in [0.3, 0.4) is 0 Å². The van der Waals surface area contributed by atoms with Crippen LogP contribution in [-0.2, 0) is 9.47 Å². The number of halogens is 3. The van der Waals surface area contributed by atoms with Crippen molar-refractivity contribution in [2.75, 3.05) is 0 Å². The monoisotopic (exact) mass is 450 g/mol. The molecule has 2 atom stereocenters. The summed E-state index contributed by atoms with van der Waals surface area (Å²) >= 11 is 8.90.